The zero-order valence-corrected chi connectivity index (χ0v) is 22.1. The predicted octanol–water partition coefficient (Wildman–Crippen LogP) is 0.935. The fourth-order valence-electron chi connectivity index (χ4n) is 5.90. The van der Waals surface area contributed by atoms with Crippen LogP contribution in [-0.4, -0.2) is 94.2 Å². The van der Waals surface area contributed by atoms with E-state index in [2.05, 4.69) is 5.32 Å². The molecule has 3 amide bonds. The summed E-state index contributed by atoms with van der Waals surface area (Å²) in [6.45, 7) is 8.31. The van der Waals surface area contributed by atoms with Gasteiger partial charge in [-0.15, -0.1) is 0 Å². The molecule has 4 aliphatic heterocycles. The Morgan fingerprint density at radius 3 is 2.59 bits per heavy atom. The number of aliphatic hydroxyl groups excluding tert-OH is 1. The minimum atomic E-state index is -1.33. The first-order valence-corrected chi connectivity index (χ1v) is 13.2. The summed E-state index contributed by atoms with van der Waals surface area (Å²) in [5.41, 5.74) is -1.82. The molecule has 10 nitrogen and oxygen atoms in total. The van der Waals surface area contributed by atoms with Crippen molar-refractivity contribution in [2.45, 2.75) is 82.8 Å². The van der Waals surface area contributed by atoms with Crippen LogP contribution in [0.15, 0.2) is 24.3 Å². The van der Waals surface area contributed by atoms with E-state index in [1.165, 1.54) is 0 Å². The maximum Gasteiger partial charge on any atom is 0.313 e. The van der Waals surface area contributed by atoms with Gasteiger partial charge in [0.1, 0.15) is 23.7 Å². The number of allylic oxidation sites excluding steroid dienone is 1. The molecule has 0 aliphatic carbocycles. The minimum absolute atomic E-state index is 0.0179. The number of carbonyl (C=O) groups is 4. The summed E-state index contributed by atoms with van der Waals surface area (Å²) in [4.78, 5) is 57.0. The van der Waals surface area contributed by atoms with Gasteiger partial charge < -0.3 is 29.7 Å². The topological polar surface area (TPSA) is 125 Å². The van der Waals surface area contributed by atoms with Crippen LogP contribution < -0.4 is 5.32 Å². The number of nitrogens with zero attached hydrogens (tertiary/aromatic N) is 2. The number of fused-ring (bicyclic) bond motifs is 2. The zero-order chi connectivity index (χ0) is 27.0. The van der Waals surface area contributed by atoms with Crippen LogP contribution in [0.4, 0.5) is 0 Å². The smallest absolute Gasteiger partial charge is 0.313 e. The van der Waals surface area contributed by atoms with E-state index in [4.69, 9.17) is 9.47 Å². The molecule has 1 spiro atoms. The number of likely N-dealkylation sites (tertiary alicyclic amines) is 1. The fraction of sp³-hybridized carbons (Fsp3) is 0.704. The molecule has 2 fully saturated rings. The van der Waals surface area contributed by atoms with Gasteiger partial charge in [-0.3, -0.25) is 19.2 Å². The molecule has 37 heavy (non-hydrogen) atoms. The molecule has 10 heteroatoms. The molecular weight excluding hydrogens is 478 g/mol. The van der Waals surface area contributed by atoms with Gasteiger partial charge in [-0.2, -0.15) is 0 Å². The van der Waals surface area contributed by atoms with Gasteiger partial charge in [-0.25, -0.2) is 0 Å². The molecule has 0 bridgehead atoms. The summed E-state index contributed by atoms with van der Waals surface area (Å²) in [7, 11) is 0. The fourth-order valence-corrected chi connectivity index (χ4v) is 5.90. The highest BCUT2D eigenvalue weighted by Crippen LogP contribution is 2.53. The number of ether oxygens (including phenoxy) is 2. The highest BCUT2D eigenvalue weighted by Gasteiger charge is 2.72. The number of hydrogen-bond donors (Lipinski definition) is 2. The van der Waals surface area contributed by atoms with Gasteiger partial charge in [0.15, 0.2) is 0 Å². The second-order valence-electron chi connectivity index (χ2n) is 11.3. The molecule has 6 atom stereocenters. The summed E-state index contributed by atoms with van der Waals surface area (Å²) in [6, 6.07) is -0.938. The average Bonchev–Trinajstić information content (AvgIpc) is 3.19. The Kier molecular flexibility index (Phi) is 7.80. The number of rotatable bonds is 4. The van der Waals surface area contributed by atoms with Crippen molar-refractivity contribution in [3.63, 3.8) is 0 Å². The minimum Gasteiger partial charge on any atom is -0.460 e. The van der Waals surface area contributed by atoms with Crippen molar-refractivity contribution >= 4 is 23.7 Å². The van der Waals surface area contributed by atoms with Crippen LogP contribution in [0.2, 0.25) is 0 Å². The number of unbranched alkanes of at least 4 members (excludes halogenated alkanes) is 1. The first-order chi connectivity index (χ1) is 17.5. The first-order valence-electron chi connectivity index (χ1n) is 13.2. The van der Waals surface area contributed by atoms with Crippen molar-refractivity contribution in [2.75, 3.05) is 26.2 Å². The Balaban J connectivity index is 1.78. The van der Waals surface area contributed by atoms with E-state index < -0.39 is 47.2 Å². The molecule has 4 aliphatic rings. The Hall–Kier alpha value is -2.72. The van der Waals surface area contributed by atoms with E-state index in [-0.39, 0.29) is 43.8 Å². The third-order valence-electron chi connectivity index (χ3n) is 7.65. The molecule has 2 saturated heterocycles. The number of cyclic esters (lactones) is 1. The maximum absolute atomic E-state index is 14.1. The highest BCUT2D eigenvalue weighted by atomic mass is 16.6. The van der Waals surface area contributed by atoms with E-state index in [9.17, 15) is 24.3 Å². The quantitative estimate of drug-likeness (QED) is 0.323. The van der Waals surface area contributed by atoms with Crippen molar-refractivity contribution < 1.29 is 33.8 Å². The Morgan fingerprint density at radius 2 is 1.89 bits per heavy atom. The SMILES string of the molecule is C[C@H]1CNC(=O)CC/C=C\[C@@H]2O[C@@]34C=CCN(C(C)(C)C)C(=O)[C@@H]3N(CCCCO)C(=O)[C@H]4[C@@H]2C(=O)O1. The molecule has 0 radical (unpaired) electrons. The maximum atomic E-state index is 14.1. The second-order valence-corrected chi connectivity index (χ2v) is 11.3. The lowest BCUT2D eigenvalue weighted by molar-refractivity contribution is -0.159. The standard InChI is InChI=1S/C27H39N3O7/c1-17-16-28-19(32)11-6-5-10-18-20(25(35)36-17)21-23(33)29(13-7-8-15-31)22-24(34)30(26(2,3)4)14-9-12-27(21,22)37-18/h5,9-10,12,17-18,20-22,31H,6-8,11,13-16H2,1-4H3,(H,28,32)/b10-5-/t17-,18-,20+,21+,22-,27+/m0/s1. The number of carbonyl (C=O) groups excluding carboxylic acids is 4. The Labute approximate surface area is 218 Å². The number of amides is 3. The summed E-state index contributed by atoms with van der Waals surface area (Å²) < 4.78 is 12.3. The van der Waals surface area contributed by atoms with Crippen molar-refractivity contribution in [3.05, 3.63) is 24.3 Å². The average molecular weight is 518 g/mol. The van der Waals surface area contributed by atoms with Crippen molar-refractivity contribution in [2.24, 2.45) is 11.8 Å². The Morgan fingerprint density at radius 1 is 1.14 bits per heavy atom. The van der Waals surface area contributed by atoms with Crippen molar-refractivity contribution in [3.8, 4) is 0 Å². The van der Waals surface area contributed by atoms with Gasteiger partial charge in [0.25, 0.3) is 0 Å². The van der Waals surface area contributed by atoms with Crippen LogP contribution in [0.3, 0.4) is 0 Å². The molecule has 0 unspecified atom stereocenters. The first kappa shape index (κ1) is 27.3. The van der Waals surface area contributed by atoms with Crippen LogP contribution in [-0.2, 0) is 28.7 Å². The molecule has 0 aromatic rings. The van der Waals surface area contributed by atoms with E-state index in [1.807, 2.05) is 26.8 Å². The molecule has 2 N–H and O–H groups in total. The molecule has 0 aromatic heterocycles. The summed E-state index contributed by atoms with van der Waals surface area (Å²) in [6.07, 6.45) is 7.54. The van der Waals surface area contributed by atoms with Crippen molar-refractivity contribution in [1.29, 1.82) is 0 Å². The highest BCUT2D eigenvalue weighted by molar-refractivity contribution is 5.99. The summed E-state index contributed by atoms with van der Waals surface area (Å²) in [5, 5.41) is 12.1. The van der Waals surface area contributed by atoms with E-state index >= 15 is 0 Å². The predicted molar refractivity (Wildman–Crippen MR) is 134 cm³/mol. The monoisotopic (exact) mass is 517 g/mol. The lowest BCUT2D eigenvalue weighted by Crippen LogP contribution is -2.58. The normalized spacial score (nSPS) is 35.5. The van der Waals surface area contributed by atoms with E-state index in [0.717, 1.165) is 0 Å². The third-order valence-corrected chi connectivity index (χ3v) is 7.65. The van der Waals surface area contributed by atoms with Gasteiger partial charge >= 0.3 is 5.97 Å². The van der Waals surface area contributed by atoms with Gasteiger partial charge in [0.05, 0.1) is 18.6 Å². The Bertz CT molecular complexity index is 987. The van der Waals surface area contributed by atoms with Crippen molar-refractivity contribution in [1.82, 2.24) is 15.1 Å². The van der Waals surface area contributed by atoms with E-state index in [1.54, 1.807) is 35.0 Å². The molecule has 0 saturated carbocycles. The van der Waals surface area contributed by atoms with Crippen LogP contribution >= 0.6 is 0 Å². The van der Waals surface area contributed by atoms with E-state index in [0.29, 0.717) is 25.8 Å². The summed E-state index contributed by atoms with van der Waals surface area (Å²) >= 11 is 0. The number of esters is 1. The van der Waals surface area contributed by atoms with Crippen LogP contribution in [0.25, 0.3) is 0 Å². The number of nitrogens with one attached hydrogen (secondary N) is 1. The molecular formula is C27H39N3O7. The molecule has 4 rings (SSSR count). The lowest BCUT2D eigenvalue weighted by atomic mass is 9.77. The van der Waals surface area contributed by atoms with Gasteiger partial charge in [0, 0.05) is 31.7 Å². The second kappa shape index (κ2) is 10.6. The summed E-state index contributed by atoms with van der Waals surface area (Å²) in [5.74, 6) is -3.14. The third kappa shape index (κ3) is 5.05. The number of hydrogen-bond acceptors (Lipinski definition) is 7. The zero-order valence-electron chi connectivity index (χ0n) is 22.1. The number of aliphatic hydroxyl groups is 1. The van der Waals surface area contributed by atoms with Crippen LogP contribution in [0.5, 0.6) is 0 Å². The van der Waals surface area contributed by atoms with Gasteiger partial charge in [-0.1, -0.05) is 24.3 Å². The molecule has 0 aromatic carbocycles. The largest absolute Gasteiger partial charge is 0.460 e. The molecule has 4 heterocycles. The van der Waals surface area contributed by atoms with Gasteiger partial charge in [0.2, 0.25) is 17.7 Å². The van der Waals surface area contributed by atoms with Crippen LogP contribution in [0.1, 0.15) is 53.4 Å². The molecule has 204 valence electrons. The van der Waals surface area contributed by atoms with Gasteiger partial charge in [-0.05, 0) is 47.0 Å². The van der Waals surface area contributed by atoms with Crippen LogP contribution in [0, 0.1) is 11.8 Å². The lowest BCUT2D eigenvalue weighted by Gasteiger charge is -2.40.